The summed E-state index contributed by atoms with van der Waals surface area (Å²) in [4.78, 5) is 28.4. The predicted molar refractivity (Wildman–Crippen MR) is 123 cm³/mol. The lowest BCUT2D eigenvalue weighted by Gasteiger charge is -2.08. The van der Waals surface area contributed by atoms with Gasteiger partial charge in [-0.05, 0) is 48.5 Å². The number of anilines is 1. The molecule has 0 aliphatic rings. The number of pyridine rings is 1. The van der Waals surface area contributed by atoms with Gasteiger partial charge in [-0.3, -0.25) is 9.78 Å². The molecule has 0 fully saturated rings. The molecule has 0 unspecified atom stereocenters. The van der Waals surface area contributed by atoms with Crippen molar-refractivity contribution in [1.29, 1.82) is 0 Å². The van der Waals surface area contributed by atoms with Crippen molar-refractivity contribution in [3.05, 3.63) is 103 Å². The van der Waals surface area contributed by atoms with Crippen LogP contribution in [0.2, 0.25) is 0 Å². The van der Waals surface area contributed by atoms with Crippen molar-refractivity contribution in [2.24, 2.45) is 0 Å². The molecule has 4 rings (SSSR count). The fourth-order valence-electron chi connectivity index (χ4n) is 3.03. The van der Waals surface area contributed by atoms with E-state index in [4.69, 9.17) is 9.47 Å². The molecule has 0 atom stereocenters. The topological polar surface area (TPSA) is 77.5 Å². The molecule has 158 valence electrons. The number of esters is 1. The van der Waals surface area contributed by atoms with Crippen LogP contribution in [0, 0.1) is 0 Å². The van der Waals surface area contributed by atoms with Crippen molar-refractivity contribution < 1.29 is 19.1 Å². The van der Waals surface area contributed by atoms with E-state index in [9.17, 15) is 9.59 Å². The van der Waals surface area contributed by atoms with Crippen LogP contribution in [0.4, 0.5) is 5.69 Å². The van der Waals surface area contributed by atoms with Crippen LogP contribution < -0.4 is 10.1 Å². The Morgan fingerprint density at radius 2 is 1.59 bits per heavy atom. The Labute approximate surface area is 185 Å². The molecular weight excluding hydrogens is 404 g/mol. The molecule has 32 heavy (non-hydrogen) atoms. The molecule has 6 nitrogen and oxygen atoms in total. The minimum Gasteiger partial charge on any atom is -0.457 e. The van der Waals surface area contributed by atoms with Gasteiger partial charge in [0.25, 0.3) is 5.91 Å². The molecule has 0 saturated carbocycles. The number of carbonyl (C=O) groups is 2. The first-order valence-electron chi connectivity index (χ1n) is 9.99. The molecule has 0 radical (unpaired) electrons. The maximum Gasteiger partial charge on any atom is 0.331 e. The monoisotopic (exact) mass is 424 g/mol. The van der Waals surface area contributed by atoms with Crippen molar-refractivity contribution in [1.82, 2.24) is 4.98 Å². The van der Waals surface area contributed by atoms with E-state index in [2.05, 4.69) is 10.3 Å². The normalized spacial score (nSPS) is 10.8. The Hall–Kier alpha value is -4.45. The second-order valence-corrected chi connectivity index (χ2v) is 6.85. The number of amides is 1. The van der Waals surface area contributed by atoms with E-state index >= 15 is 0 Å². The van der Waals surface area contributed by atoms with E-state index in [1.54, 1.807) is 36.5 Å². The van der Waals surface area contributed by atoms with E-state index in [0.29, 0.717) is 11.4 Å². The van der Waals surface area contributed by atoms with Crippen LogP contribution in [0.25, 0.3) is 17.0 Å². The number of aromatic nitrogens is 1. The van der Waals surface area contributed by atoms with Crippen LogP contribution >= 0.6 is 0 Å². The number of ether oxygens (including phenoxy) is 2. The average Bonchev–Trinajstić information content (AvgIpc) is 2.83. The van der Waals surface area contributed by atoms with Crippen molar-refractivity contribution in [2.45, 2.75) is 0 Å². The van der Waals surface area contributed by atoms with Gasteiger partial charge < -0.3 is 14.8 Å². The standard InChI is InChI=1S/C26H20N2O4/c29-24(28-21-12-14-23(15-13-21)32-22-9-2-1-3-10-22)18-31-25(30)16-11-20-7-4-6-19-8-5-17-27-26(19)20/h1-17H,18H2,(H,28,29)/b16-11+. The third-order valence-corrected chi connectivity index (χ3v) is 4.53. The van der Waals surface area contributed by atoms with Crippen LogP contribution in [-0.4, -0.2) is 23.5 Å². The smallest absolute Gasteiger partial charge is 0.331 e. The van der Waals surface area contributed by atoms with Gasteiger partial charge in [0.05, 0.1) is 5.52 Å². The first kappa shape index (κ1) is 20.8. The molecule has 4 aromatic rings. The first-order chi connectivity index (χ1) is 15.7. The third-order valence-electron chi connectivity index (χ3n) is 4.53. The summed E-state index contributed by atoms with van der Waals surface area (Å²) in [5, 5.41) is 3.66. The molecule has 0 aliphatic heterocycles. The highest BCUT2D eigenvalue weighted by atomic mass is 16.5. The van der Waals surface area contributed by atoms with Gasteiger partial charge in [-0.2, -0.15) is 0 Å². The number of hydrogen-bond donors (Lipinski definition) is 1. The number of para-hydroxylation sites is 2. The molecule has 6 heteroatoms. The zero-order chi connectivity index (χ0) is 22.2. The number of carbonyl (C=O) groups excluding carboxylic acids is 2. The Bertz CT molecular complexity index is 1250. The molecular formula is C26H20N2O4. The fraction of sp³-hybridized carbons (Fsp3) is 0.0385. The van der Waals surface area contributed by atoms with E-state index in [1.165, 1.54) is 6.08 Å². The fourth-order valence-corrected chi connectivity index (χ4v) is 3.03. The molecule has 0 saturated heterocycles. The molecule has 3 aromatic carbocycles. The molecule has 0 bridgehead atoms. The Balaban J connectivity index is 1.27. The van der Waals surface area contributed by atoms with Crippen LogP contribution in [0.3, 0.4) is 0 Å². The number of fused-ring (bicyclic) bond motifs is 1. The number of nitrogens with one attached hydrogen (secondary N) is 1. The molecule has 0 aliphatic carbocycles. The maximum atomic E-state index is 12.1. The van der Waals surface area contributed by atoms with Gasteiger partial charge in [0, 0.05) is 28.9 Å². The first-order valence-corrected chi connectivity index (χ1v) is 9.99. The van der Waals surface area contributed by atoms with E-state index in [0.717, 1.165) is 22.2 Å². The van der Waals surface area contributed by atoms with Crippen LogP contribution in [0.1, 0.15) is 5.56 Å². The zero-order valence-corrected chi connectivity index (χ0v) is 17.1. The van der Waals surface area contributed by atoms with Gasteiger partial charge in [0.1, 0.15) is 11.5 Å². The lowest BCUT2D eigenvalue weighted by Crippen LogP contribution is -2.20. The second kappa shape index (κ2) is 10.0. The summed E-state index contributed by atoms with van der Waals surface area (Å²) in [6.07, 6.45) is 4.61. The Morgan fingerprint density at radius 3 is 2.41 bits per heavy atom. The van der Waals surface area contributed by atoms with Gasteiger partial charge in [0.2, 0.25) is 0 Å². The maximum absolute atomic E-state index is 12.1. The van der Waals surface area contributed by atoms with E-state index in [-0.39, 0.29) is 6.61 Å². The molecule has 1 amide bonds. The highest BCUT2D eigenvalue weighted by Gasteiger charge is 2.07. The molecule has 1 aromatic heterocycles. The highest BCUT2D eigenvalue weighted by Crippen LogP contribution is 2.22. The summed E-state index contributed by atoms with van der Waals surface area (Å²) in [6, 6.07) is 25.8. The van der Waals surface area contributed by atoms with Crippen molar-refractivity contribution in [2.75, 3.05) is 11.9 Å². The minimum atomic E-state index is -0.611. The Kier molecular flexibility index (Phi) is 6.53. The van der Waals surface area contributed by atoms with Crippen LogP contribution in [0.15, 0.2) is 97.2 Å². The minimum absolute atomic E-state index is 0.390. The largest absolute Gasteiger partial charge is 0.457 e. The summed E-state index contributed by atoms with van der Waals surface area (Å²) in [5.41, 5.74) is 2.16. The van der Waals surface area contributed by atoms with E-state index < -0.39 is 11.9 Å². The summed E-state index contributed by atoms with van der Waals surface area (Å²) in [6.45, 7) is -0.390. The number of rotatable bonds is 7. The van der Waals surface area contributed by atoms with E-state index in [1.807, 2.05) is 60.7 Å². The highest BCUT2D eigenvalue weighted by molar-refractivity contribution is 5.96. The van der Waals surface area contributed by atoms with Crippen LogP contribution in [0.5, 0.6) is 11.5 Å². The summed E-state index contributed by atoms with van der Waals surface area (Å²) < 4.78 is 10.7. The van der Waals surface area contributed by atoms with Gasteiger partial charge in [0.15, 0.2) is 6.61 Å². The van der Waals surface area contributed by atoms with Gasteiger partial charge in [-0.15, -0.1) is 0 Å². The van der Waals surface area contributed by atoms with Crippen molar-refractivity contribution >= 4 is 34.5 Å². The lowest BCUT2D eigenvalue weighted by atomic mass is 10.1. The third kappa shape index (κ3) is 5.58. The van der Waals surface area contributed by atoms with Gasteiger partial charge in [-0.1, -0.05) is 42.5 Å². The second-order valence-electron chi connectivity index (χ2n) is 6.85. The summed E-state index contributed by atoms with van der Waals surface area (Å²) in [5.74, 6) is 0.326. The number of nitrogens with zero attached hydrogens (tertiary/aromatic N) is 1. The summed E-state index contributed by atoms with van der Waals surface area (Å²) in [7, 11) is 0. The number of benzene rings is 3. The average molecular weight is 424 g/mol. The zero-order valence-electron chi connectivity index (χ0n) is 17.1. The molecule has 1 heterocycles. The molecule has 0 spiro atoms. The van der Waals surface area contributed by atoms with Crippen molar-refractivity contribution in [3.63, 3.8) is 0 Å². The molecule has 1 N–H and O–H groups in total. The van der Waals surface area contributed by atoms with Gasteiger partial charge in [-0.25, -0.2) is 4.79 Å². The quantitative estimate of drug-likeness (QED) is 0.325. The Morgan fingerprint density at radius 1 is 0.844 bits per heavy atom. The van der Waals surface area contributed by atoms with Crippen molar-refractivity contribution in [3.8, 4) is 11.5 Å². The summed E-state index contributed by atoms with van der Waals surface area (Å²) >= 11 is 0. The van der Waals surface area contributed by atoms with Crippen LogP contribution in [-0.2, 0) is 14.3 Å². The lowest BCUT2D eigenvalue weighted by molar-refractivity contribution is -0.142. The SMILES string of the molecule is O=C(COC(=O)/C=C/c1cccc2cccnc12)Nc1ccc(Oc2ccccc2)cc1. The number of hydrogen-bond acceptors (Lipinski definition) is 5. The predicted octanol–water partition coefficient (Wildman–Crippen LogP) is 5.22. The van der Waals surface area contributed by atoms with Gasteiger partial charge >= 0.3 is 5.97 Å².